The Morgan fingerprint density at radius 2 is 2.08 bits per heavy atom. The van der Waals surface area contributed by atoms with Crippen molar-refractivity contribution in [3.8, 4) is 0 Å². The van der Waals surface area contributed by atoms with Crippen LogP contribution in [0.15, 0.2) is 10.4 Å². The SMILES string of the molecule is CN=C(NCC1CCN(Cc2csc(C)n2)CC1)NCC1CCCO1.I. The van der Waals surface area contributed by atoms with Crippen molar-refractivity contribution >= 4 is 41.3 Å². The number of aryl methyl sites for hydroxylation is 1. The number of hydrogen-bond acceptors (Lipinski definition) is 5. The van der Waals surface area contributed by atoms with Gasteiger partial charge in [-0.25, -0.2) is 4.98 Å². The predicted molar refractivity (Wildman–Crippen MR) is 119 cm³/mol. The molecule has 1 unspecified atom stereocenters. The van der Waals surface area contributed by atoms with Gasteiger partial charge in [0.1, 0.15) is 0 Å². The number of aromatic nitrogens is 1. The van der Waals surface area contributed by atoms with Crippen LogP contribution in [0.4, 0.5) is 0 Å². The monoisotopic (exact) mass is 493 g/mol. The highest BCUT2D eigenvalue weighted by atomic mass is 127. The highest BCUT2D eigenvalue weighted by Gasteiger charge is 2.20. The lowest BCUT2D eigenvalue weighted by atomic mass is 9.97. The molecule has 0 bridgehead atoms. The molecule has 6 nitrogen and oxygen atoms in total. The van der Waals surface area contributed by atoms with E-state index in [0.29, 0.717) is 6.10 Å². The summed E-state index contributed by atoms with van der Waals surface area (Å²) < 4.78 is 5.65. The van der Waals surface area contributed by atoms with Crippen molar-refractivity contribution in [1.82, 2.24) is 20.5 Å². The molecule has 3 heterocycles. The van der Waals surface area contributed by atoms with Gasteiger partial charge in [-0.2, -0.15) is 0 Å². The third kappa shape index (κ3) is 6.94. The Bertz CT molecular complexity index is 554. The number of hydrogen-bond donors (Lipinski definition) is 2. The number of guanidine groups is 1. The van der Waals surface area contributed by atoms with Crippen LogP contribution in [0.1, 0.15) is 36.4 Å². The minimum absolute atomic E-state index is 0. The first-order chi connectivity index (χ1) is 12.2. The Morgan fingerprint density at radius 3 is 2.69 bits per heavy atom. The van der Waals surface area contributed by atoms with Gasteiger partial charge in [0.05, 0.1) is 16.8 Å². The summed E-state index contributed by atoms with van der Waals surface area (Å²) in [4.78, 5) is 11.4. The van der Waals surface area contributed by atoms with Crippen molar-refractivity contribution < 1.29 is 4.74 Å². The zero-order chi connectivity index (χ0) is 17.5. The fourth-order valence-corrected chi connectivity index (χ4v) is 4.14. The van der Waals surface area contributed by atoms with E-state index in [1.807, 2.05) is 7.05 Å². The van der Waals surface area contributed by atoms with Gasteiger partial charge in [-0.1, -0.05) is 0 Å². The number of piperidine rings is 1. The van der Waals surface area contributed by atoms with Crippen LogP contribution in [-0.4, -0.2) is 61.8 Å². The first kappa shape index (κ1) is 21.8. The van der Waals surface area contributed by atoms with Crippen LogP contribution in [0.3, 0.4) is 0 Å². The molecule has 0 spiro atoms. The largest absolute Gasteiger partial charge is 0.376 e. The fraction of sp³-hybridized carbons (Fsp3) is 0.778. The zero-order valence-electron chi connectivity index (χ0n) is 15.9. The number of ether oxygens (including phenoxy) is 1. The van der Waals surface area contributed by atoms with Gasteiger partial charge in [-0.3, -0.25) is 9.89 Å². The maximum atomic E-state index is 5.65. The molecule has 8 heteroatoms. The van der Waals surface area contributed by atoms with Crippen LogP contribution in [-0.2, 0) is 11.3 Å². The normalized spacial score (nSPS) is 22.2. The lowest BCUT2D eigenvalue weighted by Gasteiger charge is -2.31. The molecule has 2 aliphatic rings. The molecule has 2 aliphatic heterocycles. The fourth-order valence-electron chi connectivity index (χ4n) is 3.54. The van der Waals surface area contributed by atoms with Crippen molar-refractivity contribution in [2.75, 3.05) is 39.8 Å². The number of nitrogens with zero attached hydrogens (tertiary/aromatic N) is 3. The van der Waals surface area contributed by atoms with Crippen molar-refractivity contribution in [3.05, 3.63) is 16.1 Å². The molecule has 2 fully saturated rings. The molecular weight excluding hydrogens is 461 g/mol. The summed E-state index contributed by atoms with van der Waals surface area (Å²) in [5.41, 5.74) is 1.22. The molecule has 0 aliphatic carbocycles. The van der Waals surface area contributed by atoms with Gasteiger partial charge < -0.3 is 15.4 Å². The molecule has 3 rings (SSSR count). The first-order valence-electron chi connectivity index (χ1n) is 9.42. The van der Waals surface area contributed by atoms with Gasteiger partial charge >= 0.3 is 0 Å². The molecule has 0 saturated carbocycles. The standard InChI is InChI=1S/C18H31N5OS.HI/c1-14-22-16(13-25-14)12-23-7-5-15(6-8-23)10-20-18(19-2)21-11-17-4-3-9-24-17;/h13,15,17H,3-12H2,1-2H3,(H2,19,20,21);1H. The van der Waals surface area contributed by atoms with Crippen molar-refractivity contribution in [3.63, 3.8) is 0 Å². The minimum atomic E-state index is 0. The van der Waals surface area contributed by atoms with E-state index >= 15 is 0 Å². The van der Waals surface area contributed by atoms with Crippen molar-refractivity contribution in [2.24, 2.45) is 10.9 Å². The van der Waals surface area contributed by atoms with Crippen molar-refractivity contribution in [2.45, 2.75) is 45.3 Å². The lowest BCUT2D eigenvalue weighted by Crippen LogP contribution is -2.44. The molecule has 2 saturated heterocycles. The topological polar surface area (TPSA) is 61.8 Å². The van der Waals surface area contributed by atoms with Gasteiger partial charge in [0.25, 0.3) is 0 Å². The molecule has 1 aromatic rings. The molecule has 0 aromatic carbocycles. The zero-order valence-corrected chi connectivity index (χ0v) is 19.0. The maximum absolute atomic E-state index is 5.65. The summed E-state index contributed by atoms with van der Waals surface area (Å²) in [5.74, 6) is 1.62. The number of nitrogens with one attached hydrogen (secondary N) is 2. The maximum Gasteiger partial charge on any atom is 0.191 e. The molecule has 0 amide bonds. The second-order valence-corrected chi connectivity index (χ2v) is 8.11. The molecule has 26 heavy (non-hydrogen) atoms. The predicted octanol–water partition coefficient (Wildman–Crippen LogP) is 2.63. The van der Waals surface area contributed by atoms with Crippen LogP contribution in [0.2, 0.25) is 0 Å². The number of rotatable bonds is 6. The summed E-state index contributed by atoms with van der Waals surface area (Å²) in [6, 6.07) is 0. The van der Waals surface area contributed by atoms with Crippen molar-refractivity contribution in [1.29, 1.82) is 0 Å². The third-order valence-electron chi connectivity index (χ3n) is 5.06. The van der Waals surface area contributed by atoms with Crippen LogP contribution >= 0.6 is 35.3 Å². The van der Waals surface area contributed by atoms with E-state index in [0.717, 1.165) is 62.6 Å². The number of aliphatic imine (C=N–C) groups is 1. The smallest absolute Gasteiger partial charge is 0.191 e. The number of thiazole rings is 1. The van der Waals surface area contributed by atoms with Crippen LogP contribution < -0.4 is 10.6 Å². The summed E-state index contributed by atoms with van der Waals surface area (Å²) >= 11 is 1.74. The highest BCUT2D eigenvalue weighted by Crippen LogP contribution is 2.19. The molecule has 0 radical (unpaired) electrons. The first-order valence-corrected chi connectivity index (χ1v) is 10.3. The van der Waals surface area contributed by atoms with Gasteiger partial charge in [0.15, 0.2) is 5.96 Å². The molecule has 1 aromatic heterocycles. The third-order valence-corrected chi connectivity index (χ3v) is 5.88. The van der Waals surface area contributed by atoms with E-state index in [1.165, 1.54) is 25.0 Å². The quantitative estimate of drug-likeness (QED) is 0.363. The van der Waals surface area contributed by atoms with E-state index in [4.69, 9.17) is 4.74 Å². The van der Waals surface area contributed by atoms with Gasteiger partial charge in [-0.05, 0) is 51.6 Å². The van der Waals surface area contributed by atoms with Gasteiger partial charge in [-0.15, -0.1) is 35.3 Å². The van der Waals surface area contributed by atoms with E-state index in [1.54, 1.807) is 11.3 Å². The average molecular weight is 493 g/mol. The number of halogens is 1. The average Bonchev–Trinajstić information content (AvgIpc) is 3.28. The minimum Gasteiger partial charge on any atom is -0.376 e. The summed E-state index contributed by atoms with van der Waals surface area (Å²) in [6.07, 6.45) is 5.15. The van der Waals surface area contributed by atoms with Crippen LogP contribution in [0.25, 0.3) is 0 Å². The van der Waals surface area contributed by atoms with E-state index in [2.05, 4.69) is 37.8 Å². The Hall–Kier alpha value is -0.450. The van der Waals surface area contributed by atoms with Crippen LogP contribution in [0.5, 0.6) is 0 Å². The lowest BCUT2D eigenvalue weighted by molar-refractivity contribution is 0.113. The molecular formula is C18H32IN5OS. The summed E-state index contributed by atoms with van der Waals surface area (Å²) in [5, 5.41) is 10.2. The van der Waals surface area contributed by atoms with E-state index in [-0.39, 0.29) is 24.0 Å². The van der Waals surface area contributed by atoms with E-state index < -0.39 is 0 Å². The number of likely N-dealkylation sites (tertiary alicyclic amines) is 1. The summed E-state index contributed by atoms with van der Waals surface area (Å²) in [6.45, 7) is 8.13. The Labute approximate surface area is 178 Å². The van der Waals surface area contributed by atoms with Crippen LogP contribution in [0, 0.1) is 12.8 Å². The highest BCUT2D eigenvalue weighted by molar-refractivity contribution is 14.0. The Morgan fingerprint density at radius 1 is 1.31 bits per heavy atom. The molecule has 2 N–H and O–H groups in total. The Kier molecular flexibility index (Phi) is 9.58. The Balaban J connectivity index is 0.00000243. The van der Waals surface area contributed by atoms with Gasteiger partial charge in [0, 0.05) is 38.7 Å². The molecule has 148 valence electrons. The van der Waals surface area contributed by atoms with Gasteiger partial charge in [0.2, 0.25) is 0 Å². The van der Waals surface area contributed by atoms with E-state index in [9.17, 15) is 0 Å². The second kappa shape index (κ2) is 11.4. The summed E-state index contributed by atoms with van der Waals surface area (Å²) in [7, 11) is 1.84. The second-order valence-electron chi connectivity index (χ2n) is 7.05. The molecule has 1 atom stereocenters.